The van der Waals surface area contributed by atoms with E-state index < -0.39 is 0 Å². The van der Waals surface area contributed by atoms with E-state index in [-0.39, 0.29) is 0 Å². The summed E-state index contributed by atoms with van der Waals surface area (Å²) in [6, 6.07) is 16.1. The highest BCUT2D eigenvalue weighted by Gasteiger charge is 2.01. The van der Waals surface area contributed by atoms with E-state index in [1.165, 1.54) is 0 Å². The van der Waals surface area contributed by atoms with Crippen LogP contribution in [0.5, 0.6) is 0 Å². The maximum Gasteiger partial charge on any atom is 0.0702 e. The molecule has 0 atom stereocenters. The van der Waals surface area contributed by atoms with Crippen molar-refractivity contribution in [1.82, 2.24) is 4.98 Å². The van der Waals surface area contributed by atoms with Crippen LogP contribution < -0.4 is 0 Å². The molecule has 0 aliphatic heterocycles. The molecule has 0 amide bonds. The van der Waals surface area contributed by atoms with Gasteiger partial charge in [-0.25, -0.2) is 0 Å². The first-order chi connectivity index (χ1) is 9.31. The smallest absolute Gasteiger partial charge is 0.0702 e. The predicted molar refractivity (Wildman–Crippen MR) is 82.5 cm³/mol. The lowest BCUT2D eigenvalue weighted by atomic mass is 10.0. The number of rotatable bonds is 4. The quantitative estimate of drug-likeness (QED) is 0.710. The molecule has 0 saturated carbocycles. The van der Waals surface area contributed by atoms with Crippen molar-refractivity contribution in [2.24, 2.45) is 0 Å². The summed E-state index contributed by atoms with van der Waals surface area (Å²) in [6.45, 7) is 6.14. The maximum absolute atomic E-state index is 4.38. The van der Waals surface area contributed by atoms with Crippen molar-refractivity contribution in [3.05, 3.63) is 90.8 Å². The van der Waals surface area contributed by atoms with Crippen LogP contribution in [0.4, 0.5) is 0 Å². The Hall–Kier alpha value is -2.41. The van der Waals surface area contributed by atoms with Gasteiger partial charge in [-0.3, -0.25) is 4.98 Å². The first kappa shape index (κ1) is 13.0. The fourth-order valence-corrected chi connectivity index (χ4v) is 1.84. The zero-order valence-corrected chi connectivity index (χ0v) is 11.1. The standard InChI is InChI=1S/C18H17N/c1-3-9-17(18-12-7-8-13-19-18)14-15(2)16-10-5-4-6-11-16/h3-14H,2H2,1H3/b9-3-,17-14+. The minimum Gasteiger partial charge on any atom is -0.256 e. The highest BCUT2D eigenvalue weighted by Crippen LogP contribution is 2.20. The van der Waals surface area contributed by atoms with Crippen LogP contribution in [0.2, 0.25) is 0 Å². The molecule has 2 aromatic rings. The SMILES string of the molecule is C=C(/C=C(\C=C/C)c1ccccn1)c1ccccc1. The van der Waals surface area contributed by atoms with Crippen LogP contribution in [0.25, 0.3) is 11.1 Å². The summed E-state index contributed by atoms with van der Waals surface area (Å²) in [6.07, 6.45) is 7.94. The van der Waals surface area contributed by atoms with Crippen LogP contribution in [0.3, 0.4) is 0 Å². The zero-order valence-electron chi connectivity index (χ0n) is 11.1. The van der Waals surface area contributed by atoms with Crippen LogP contribution in [0.1, 0.15) is 18.2 Å². The lowest BCUT2D eigenvalue weighted by Gasteiger charge is -2.04. The number of hydrogen-bond donors (Lipinski definition) is 0. The van der Waals surface area contributed by atoms with Gasteiger partial charge in [-0.1, -0.05) is 55.1 Å². The molecule has 1 aromatic carbocycles. The van der Waals surface area contributed by atoms with E-state index in [9.17, 15) is 0 Å². The van der Waals surface area contributed by atoms with Gasteiger partial charge in [0.25, 0.3) is 0 Å². The van der Waals surface area contributed by atoms with Crippen molar-refractivity contribution >= 4 is 11.1 Å². The van der Waals surface area contributed by atoms with Gasteiger partial charge in [0.05, 0.1) is 5.69 Å². The summed E-state index contributed by atoms with van der Waals surface area (Å²) in [5.41, 5.74) is 4.13. The molecule has 0 radical (unpaired) electrons. The van der Waals surface area contributed by atoms with Gasteiger partial charge in [0, 0.05) is 11.8 Å². The Kier molecular flexibility index (Phi) is 4.46. The summed E-state index contributed by atoms with van der Waals surface area (Å²) in [7, 11) is 0. The first-order valence-corrected chi connectivity index (χ1v) is 6.31. The largest absolute Gasteiger partial charge is 0.256 e. The second kappa shape index (κ2) is 6.50. The van der Waals surface area contributed by atoms with Crippen LogP contribution in [0, 0.1) is 0 Å². The molecule has 2 rings (SSSR count). The molecular weight excluding hydrogens is 230 g/mol. The Morgan fingerprint density at radius 1 is 1.05 bits per heavy atom. The molecule has 0 unspecified atom stereocenters. The van der Waals surface area contributed by atoms with Gasteiger partial charge in [-0.15, -0.1) is 0 Å². The van der Waals surface area contributed by atoms with E-state index >= 15 is 0 Å². The molecule has 0 fully saturated rings. The van der Waals surface area contributed by atoms with Gasteiger partial charge < -0.3 is 0 Å². The van der Waals surface area contributed by atoms with Crippen molar-refractivity contribution in [2.45, 2.75) is 6.92 Å². The molecule has 0 aliphatic rings. The maximum atomic E-state index is 4.38. The van der Waals surface area contributed by atoms with E-state index in [4.69, 9.17) is 0 Å². The average Bonchev–Trinajstić information content (AvgIpc) is 2.48. The number of benzene rings is 1. The third-order valence-electron chi connectivity index (χ3n) is 2.78. The highest BCUT2D eigenvalue weighted by molar-refractivity contribution is 5.85. The lowest BCUT2D eigenvalue weighted by molar-refractivity contribution is 1.28. The zero-order chi connectivity index (χ0) is 13.5. The van der Waals surface area contributed by atoms with Gasteiger partial charge in [0.2, 0.25) is 0 Å². The Bertz CT molecular complexity index is 592. The van der Waals surface area contributed by atoms with Gasteiger partial charge in [-0.2, -0.15) is 0 Å². The Balaban J connectivity index is 2.35. The van der Waals surface area contributed by atoms with Crippen LogP contribution >= 0.6 is 0 Å². The molecule has 0 aliphatic carbocycles. The van der Waals surface area contributed by atoms with Gasteiger partial charge >= 0.3 is 0 Å². The van der Waals surface area contributed by atoms with Gasteiger partial charge in [0.15, 0.2) is 0 Å². The normalized spacial score (nSPS) is 11.7. The number of allylic oxidation sites excluding steroid dienone is 5. The second-order valence-corrected chi connectivity index (χ2v) is 4.21. The molecule has 0 spiro atoms. The Morgan fingerprint density at radius 3 is 2.42 bits per heavy atom. The molecule has 0 N–H and O–H groups in total. The van der Waals surface area contributed by atoms with Crippen molar-refractivity contribution in [1.29, 1.82) is 0 Å². The van der Waals surface area contributed by atoms with Crippen LogP contribution in [-0.2, 0) is 0 Å². The van der Waals surface area contributed by atoms with E-state index in [1.807, 2.05) is 49.4 Å². The van der Waals surface area contributed by atoms with Gasteiger partial charge in [0.1, 0.15) is 0 Å². The topological polar surface area (TPSA) is 12.9 Å². The molecule has 1 heteroatoms. The van der Waals surface area contributed by atoms with Crippen LogP contribution in [-0.4, -0.2) is 4.98 Å². The van der Waals surface area contributed by atoms with Crippen LogP contribution in [0.15, 0.2) is 79.5 Å². The van der Waals surface area contributed by atoms with E-state index in [0.29, 0.717) is 0 Å². The number of nitrogens with zero attached hydrogens (tertiary/aromatic N) is 1. The number of pyridine rings is 1. The first-order valence-electron chi connectivity index (χ1n) is 6.31. The predicted octanol–water partition coefficient (Wildman–Crippen LogP) is 4.75. The van der Waals surface area contributed by atoms with Crippen molar-refractivity contribution in [2.75, 3.05) is 0 Å². The van der Waals surface area contributed by atoms with Gasteiger partial charge in [-0.05, 0) is 36.3 Å². The summed E-state index contributed by atoms with van der Waals surface area (Å²) in [5.74, 6) is 0. The Morgan fingerprint density at radius 2 is 1.79 bits per heavy atom. The third-order valence-corrected chi connectivity index (χ3v) is 2.78. The summed E-state index contributed by atoms with van der Waals surface area (Å²) < 4.78 is 0. The van der Waals surface area contributed by atoms with E-state index in [0.717, 1.165) is 22.4 Å². The minimum atomic E-state index is 0.956. The minimum absolute atomic E-state index is 0.956. The highest BCUT2D eigenvalue weighted by atomic mass is 14.7. The Labute approximate surface area is 114 Å². The summed E-state index contributed by atoms with van der Waals surface area (Å²) in [5, 5.41) is 0. The monoisotopic (exact) mass is 247 g/mol. The molecule has 1 aromatic heterocycles. The van der Waals surface area contributed by atoms with E-state index in [1.54, 1.807) is 6.20 Å². The molecule has 0 bridgehead atoms. The second-order valence-electron chi connectivity index (χ2n) is 4.21. The number of aromatic nitrogens is 1. The molecule has 94 valence electrons. The molecule has 1 heterocycles. The molecule has 19 heavy (non-hydrogen) atoms. The van der Waals surface area contributed by atoms with Crippen molar-refractivity contribution < 1.29 is 0 Å². The molecular formula is C18H17N. The fourth-order valence-electron chi connectivity index (χ4n) is 1.84. The lowest BCUT2D eigenvalue weighted by Crippen LogP contribution is -1.87. The summed E-state index contributed by atoms with van der Waals surface area (Å²) >= 11 is 0. The van der Waals surface area contributed by atoms with E-state index in [2.05, 4.69) is 35.8 Å². The fraction of sp³-hybridized carbons (Fsp3) is 0.0556. The molecule has 0 saturated heterocycles. The number of hydrogen-bond acceptors (Lipinski definition) is 1. The summed E-state index contributed by atoms with van der Waals surface area (Å²) in [4.78, 5) is 4.38. The molecule has 1 nitrogen and oxygen atoms in total. The van der Waals surface area contributed by atoms with Crippen molar-refractivity contribution in [3.8, 4) is 0 Å². The average molecular weight is 247 g/mol. The third kappa shape index (κ3) is 3.52. The van der Waals surface area contributed by atoms with Crippen molar-refractivity contribution in [3.63, 3.8) is 0 Å².